The van der Waals surface area contributed by atoms with Crippen LogP contribution in [0.15, 0.2) is 70.4 Å². The summed E-state index contributed by atoms with van der Waals surface area (Å²) in [4.78, 5) is 0. The topological polar surface area (TPSA) is 47.2 Å². The molecule has 0 bridgehead atoms. The van der Waals surface area contributed by atoms with E-state index in [-0.39, 0.29) is 12.3 Å². The van der Waals surface area contributed by atoms with E-state index in [1.165, 1.54) is 0 Å². The Morgan fingerprint density at radius 3 is 2.89 bits per heavy atom. The van der Waals surface area contributed by atoms with Gasteiger partial charge >= 0.3 is 0 Å². The molecule has 0 saturated carbocycles. The number of ether oxygens (including phenoxy) is 2. The zero-order valence-electron chi connectivity index (χ0n) is 14.6. The third kappa shape index (κ3) is 2.75. The fourth-order valence-electron chi connectivity index (χ4n) is 3.66. The number of hydrazone groups is 1. The molecular formula is C21H17ClN2O3. The quantitative estimate of drug-likeness (QED) is 0.627. The van der Waals surface area contributed by atoms with Crippen molar-refractivity contribution in [3.8, 4) is 11.5 Å². The summed E-state index contributed by atoms with van der Waals surface area (Å²) in [5.74, 6) is 2.38. The SMILES string of the molecule is COc1cccc([C@@H]2Oc3ccc(Cl)cc3[C@@H]3CC(c4ccco4)=NN32)c1. The molecule has 2 aliphatic heterocycles. The zero-order valence-corrected chi connectivity index (χ0v) is 15.4. The van der Waals surface area contributed by atoms with Gasteiger partial charge in [0.2, 0.25) is 6.23 Å². The second kappa shape index (κ2) is 6.35. The van der Waals surface area contributed by atoms with Crippen LogP contribution < -0.4 is 9.47 Å². The van der Waals surface area contributed by atoms with E-state index in [1.54, 1.807) is 13.4 Å². The lowest BCUT2D eigenvalue weighted by molar-refractivity contribution is -0.0191. The summed E-state index contributed by atoms with van der Waals surface area (Å²) in [6.07, 6.45) is 2.03. The first-order valence-electron chi connectivity index (χ1n) is 8.72. The molecule has 136 valence electrons. The third-order valence-corrected chi connectivity index (χ3v) is 5.17. The molecule has 3 heterocycles. The molecule has 0 radical (unpaired) electrons. The minimum absolute atomic E-state index is 0.0313. The third-order valence-electron chi connectivity index (χ3n) is 4.94. The molecule has 2 atom stereocenters. The van der Waals surface area contributed by atoms with E-state index in [4.69, 9.17) is 30.6 Å². The Kier molecular flexibility index (Phi) is 3.83. The van der Waals surface area contributed by atoms with E-state index in [1.807, 2.05) is 59.6 Å². The zero-order chi connectivity index (χ0) is 18.4. The van der Waals surface area contributed by atoms with Gasteiger partial charge in [-0.25, -0.2) is 5.01 Å². The summed E-state index contributed by atoms with van der Waals surface area (Å²) in [6.45, 7) is 0. The van der Waals surface area contributed by atoms with E-state index in [2.05, 4.69) is 0 Å². The van der Waals surface area contributed by atoms with Gasteiger partial charge in [-0.15, -0.1) is 0 Å². The average Bonchev–Trinajstić information content (AvgIpc) is 3.37. The highest BCUT2D eigenvalue weighted by Gasteiger charge is 2.41. The maximum atomic E-state index is 6.33. The second-order valence-corrected chi connectivity index (χ2v) is 6.99. The van der Waals surface area contributed by atoms with E-state index in [9.17, 15) is 0 Å². The smallest absolute Gasteiger partial charge is 0.214 e. The number of methoxy groups -OCH3 is 1. The Morgan fingerprint density at radius 2 is 2.07 bits per heavy atom. The molecule has 0 amide bonds. The summed E-state index contributed by atoms with van der Waals surface area (Å²) >= 11 is 6.25. The van der Waals surface area contributed by atoms with Gasteiger partial charge in [0.15, 0.2) is 0 Å². The number of nitrogens with zero attached hydrogens (tertiary/aromatic N) is 2. The molecule has 0 N–H and O–H groups in total. The van der Waals surface area contributed by atoms with Crippen LogP contribution in [0.2, 0.25) is 5.02 Å². The molecule has 0 spiro atoms. The molecule has 0 saturated heterocycles. The van der Waals surface area contributed by atoms with Crippen molar-refractivity contribution in [2.24, 2.45) is 5.10 Å². The predicted octanol–water partition coefficient (Wildman–Crippen LogP) is 5.18. The van der Waals surface area contributed by atoms with Crippen LogP contribution in [0.3, 0.4) is 0 Å². The fourth-order valence-corrected chi connectivity index (χ4v) is 3.85. The number of fused-ring (bicyclic) bond motifs is 3. The number of rotatable bonds is 3. The Balaban J connectivity index is 1.61. The van der Waals surface area contributed by atoms with Gasteiger partial charge < -0.3 is 13.9 Å². The summed E-state index contributed by atoms with van der Waals surface area (Å²) in [7, 11) is 1.66. The maximum absolute atomic E-state index is 6.33. The number of furan rings is 1. The van der Waals surface area contributed by atoms with Crippen molar-refractivity contribution in [2.75, 3.05) is 7.11 Å². The second-order valence-electron chi connectivity index (χ2n) is 6.55. The summed E-state index contributed by atoms with van der Waals surface area (Å²) in [6, 6.07) is 17.4. The van der Waals surface area contributed by atoms with Crippen LogP contribution in [0.5, 0.6) is 11.5 Å². The predicted molar refractivity (Wildman–Crippen MR) is 102 cm³/mol. The van der Waals surface area contributed by atoms with Gasteiger partial charge in [0.25, 0.3) is 0 Å². The summed E-state index contributed by atoms with van der Waals surface area (Å²) < 4.78 is 17.3. The van der Waals surface area contributed by atoms with Gasteiger partial charge in [0.1, 0.15) is 23.0 Å². The molecule has 1 aromatic heterocycles. The average molecular weight is 381 g/mol. The van der Waals surface area contributed by atoms with Crippen LogP contribution in [-0.4, -0.2) is 17.8 Å². The van der Waals surface area contributed by atoms with Gasteiger partial charge in [-0.05, 0) is 42.5 Å². The maximum Gasteiger partial charge on any atom is 0.214 e. The van der Waals surface area contributed by atoms with Crippen LogP contribution in [0, 0.1) is 0 Å². The van der Waals surface area contributed by atoms with Crippen molar-refractivity contribution in [3.63, 3.8) is 0 Å². The highest BCUT2D eigenvalue weighted by molar-refractivity contribution is 6.30. The van der Waals surface area contributed by atoms with Crippen molar-refractivity contribution in [2.45, 2.75) is 18.7 Å². The van der Waals surface area contributed by atoms with Crippen molar-refractivity contribution < 1.29 is 13.9 Å². The Hall–Kier alpha value is -2.92. The van der Waals surface area contributed by atoms with Crippen LogP contribution in [0.25, 0.3) is 0 Å². The minimum atomic E-state index is -0.355. The number of hydrogen-bond donors (Lipinski definition) is 0. The van der Waals surface area contributed by atoms with Gasteiger partial charge in [-0.2, -0.15) is 5.10 Å². The Bertz CT molecular complexity index is 1020. The lowest BCUT2D eigenvalue weighted by Gasteiger charge is -2.38. The normalized spacial score (nSPS) is 20.5. The number of benzene rings is 2. The number of hydrogen-bond acceptors (Lipinski definition) is 5. The molecule has 0 unspecified atom stereocenters. The number of halogens is 1. The molecule has 2 aromatic carbocycles. The molecule has 5 nitrogen and oxygen atoms in total. The molecule has 0 fully saturated rings. The van der Waals surface area contributed by atoms with E-state index >= 15 is 0 Å². The molecule has 2 aliphatic rings. The molecule has 6 heteroatoms. The van der Waals surface area contributed by atoms with Crippen molar-refractivity contribution >= 4 is 17.3 Å². The van der Waals surface area contributed by atoms with Gasteiger partial charge in [-0.3, -0.25) is 0 Å². The summed E-state index contributed by atoms with van der Waals surface area (Å²) in [5.41, 5.74) is 2.91. The Morgan fingerprint density at radius 1 is 1.15 bits per heavy atom. The first-order chi connectivity index (χ1) is 13.2. The van der Waals surface area contributed by atoms with Gasteiger partial charge in [-0.1, -0.05) is 23.7 Å². The van der Waals surface area contributed by atoms with E-state index in [0.29, 0.717) is 5.02 Å². The first-order valence-corrected chi connectivity index (χ1v) is 9.10. The van der Waals surface area contributed by atoms with Crippen molar-refractivity contribution in [1.82, 2.24) is 5.01 Å². The van der Waals surface area contributed by atoms with Gasteiger partial charge in [0, 0.05) is 22.6 Å². The van der Waals surface area contributed by atoms with Crippen LogP contribution >= 0.6 is 11.6 Å². The Labute approximate surface area is 161 Å². The molecule has 5 rings (SSSR count). The van der Waals surface area contributed by atoms with Gasteiger partial charge in [0.05, 0.1) is 19.4 Å². The molecule has 0 aliphatic carbocycles. The summed E-state index contributed by atoms with van der Waals surface area (Å²) in [5, 5.41) is 7.52. The monoisotopic (exact) mass is 380 g/mol. The van der Waals surface area contributed by atoms with Crippen molar-refractivity contribution in [1.29, 1.82) is 0 Å². The van der Waals surface area contributed by atoms with E-state index < -0.39 is 0 Å². The van der Waals surface area contributed by atoms with Crippen LogP contribution in [0.1, 0.15) is 35.6 Å². The van der Waals surface area contributed by atoms with Crippen LogP contribution in [-0.2, 0) is 0 Å². The molecule has 3 aromatic rings. The molecular weight excluding hydrogens is 364 g/mol. The fraction of sp³-hybridized carbons (Fsp3) is 0.190. The lowest BCUT2D eigenvalue weighted by atomic mass is 9.97. The highest BCUT2D eigenvalue weighted by Crippen LogP contribution is 2.48. The highest BCUT2D eigenvalue weighted by atomic mass is 35.5. The van der Waals surface area contributed by atoms with Crippen LogP contribution in [0.4, 0.5) is 0 Å². The standard InChI is InChI=1S/C21H17ClN2O3/c1-25-15-5-2-4-13(10-15)21-24-18(12-17(23-24)20-6-3-9-26-20)16-11-14(22)7-8-19(16)27-21/h2-11,18,21H,12H2,1H3/t18-,21-/m0/s1. The van der Waals surface area contributed by atoms with Crippen molar-refractivity contribution in [3.05, 3.63) is 82.8 Å². The molecule has 27 heavy (non-hydrogen) atoms. The minimum Gasteiger partial charge on any atom is -0.497 e. The van der Waals surface area contributed by atoms with E-state index in [0.717, 1.165) is 40.5 Å². The lowest BCUT2D eigenvalue weighted by Crippen LogP contribution is -2.33. The first kappa shape index (κ1) is 16.3. The largest absolute Gasteiger partial charge is 0.497 e.